The molecular weight excluding hydrogens is 362 g/mol. The van der Waals surface area contributed by atoms with Crippen molar-refractivity contribution >= 4 is 32.6 Å². The molecule has 1 aliphatic heterocycles. The Kier molecular flexibility index (Phi) is 5.38. The zero-order chi connectivity index (χ0) is 18.8. The fraction of sp³-hybridized carbons (Fsp3) is 0.600. The van der Waals surface area contributed by atoms with Crippen molar-refractivity contribution in [2.24, 2.45) is 5.92 Å². The summed E-state index contributed by atoms with van der Waals surface area (Å²) in [6.45, 7) is 3.23. The van der Waals surface area contributed by atoms with Gasteiger partial charge in [-0.2, -0.15) is 0 Å². The lowest BCUT2D eigenvalue weighted by Crippen LogP contribution is -2.50. The van der Waals surface area contributed by atoms with Crippen LogP contribution in [0.2, 0.25) is 0 Å². The van der Waals surface area contributed by atoms with Crippen LogP contribution >= 0.6 is 11.3 Å². The minimum Gasteiger partial charge on any atom is -0.493 e. The Labute approximate surface area is 164 Å². The molecule has 27 heavy (non-hydrogen) atoms. The Balaban J connectivity index is 1.45. The number of methoxy groups -OCH3 is 2. The molecule has 1 aromatic carbocycles. The van der Waals surface area contributed by atoms with Crippen LogP contribution in [-0.4, -0.2) is 56.2 Å². The zero-order valence-electron chi connectivity index (χ0n) is 16.1. The minimum absolute atomic E-state index is 0.254. The zero-order valence-corrected chi connectivity index (χ0v) is 16.9. The van der Waals surface area contributed by atoms with Crippen LogP contribution in [0.4, 0.5) is 5.13 Å². The van der Waals surface area contributed by atoms with Crippen molar-refractivity contribution in [3.8, 4) is 11.5 Å². The number of fused-ring (bicyclic) bond motifs is 1. The van der Waals surface area contributed by atoms with Gasteiger partial charge in [0.25, 0.3) is 0 Å². The van der Waals surface area contributed by atoms with Gasteiger partial charge in [-0.25, -0.2) is 4.98 Å². The van der Waals surface area contributed by atoms with Crippen molar-refractivity contribution in [3.05, 3.63) is 12.1 Å². The molecule has 1 aromatic heterocycles. The molecule has 0 radical (unpaired) electrons. The summed E-state index contributed by atoms with van der Waals surface area (Å²) >= 11 is 1.67. The Morgan fingerprint density at radius 2 is 1.81 bits per heavy atom. The number of piperazine rings is 1. The lowest BCUT2D eigenvalue weighted by molar-refractivity contribution is -0.136. The smallest absolute Gasteiger partial charge is 0.225 e. The maximum atomic E-state index is 12.8. The second kappa shape index (κ2) is 7.92. The highest BCUT2D eigenvalue weighted by molar-refractivity contribution is 7.22. The summed E-state index contributed by atoms with van der Waals surface area (Å²) in [5.74, 6) is 2.00. The van der Waals surface area contributed by atoms with Crippen molar-refractivity contribution in [2.75, 3.05) is 45.3 Å². The maximum absolute atomic E-state index is 12.8. The van der Waals surface area contributed by atoms with Gasteiger partial charge in [0.05, 0.1) is 18.9 Å². The Hall–Kier alpha value is -2.02. The molecular formula is C20H27N3O3S. The van der Waals surface area contributed by atoms with E-state index >= 15 is 0 Å². The number of carbonyl (C=O) groups excluding carboxylic acids is 1. The normalized spacial score (nSPS) is 18.7. The van der Waals surface area contributed by atoms with Crippen LogP contribution in [0.15, 0.2) is 12.1 Å². The van der Waals surface area contributed by atoms with E-state index in [1.54, 1.807) is 25.6 Å². The van der Waals surface area contributed by atoms with E-state index in [4.69, 9.17) is 14.5 Å². The Morgan fingerprint density at radius 1 is 1.07 bits per heavy atom. The number of hydrogen-bond donors (Lipinski definition) is 0. The van der Waals surface area contributed by atoms with Crippen molar-refractivity contribution in [3.63, 3.8) is 0 Å². The molecule has 4 rings (SSSR count). The standard InChI is InChI=1S/C20H27N3O3S/c1-25-15-8-9-16-17(18(15)26-2)21-20(27-16)23-12-10-22(11-13-23)19(24)14-6-4-3-5-7-14/h8-9,14H,3-7,10-13H2,1-2H3. The Morgan fingerprint density at radius 3 is 2.48 bits per heavy atom. The van der Waals surface area contributed by atoms with Crippen molar-refractivity contribution in [1.29, 1.82) is 0 Å². The number of benzene rings is 1. The first-order chi connectivity index (χ1) is 13.2. The first-order valence-electron chi connectivity index (χ1n) is 9.76. The first-order valence-corrected chi connectivity index (χ1v) is 10.6. The third kappa shape index (κ3) is 3.57. The molecule has 0 N–H and O–H groups in total. The monoisotopic (exact) mass is 389 g/mol. The Bertz CT molecular complexity index is 808. The van der Waals surface area contributed by atoms with Crippen LogP contribution in [0.3, 0.4) is 0 Å². The van der Waals surface area contributed by atoms with E-state index in [-0.39, 0.29) is 5.92 Å². The average molecular weight is 390 g/mol. The number of ether oxygens (including phenoxy) is 2. The van der Waals surface area contributed by atoms with Crippen molar-refractivity contribution in [1.82, 2.24) is 9.88 Å². The largest absolute Gasteiger partial charge is 0.493 e. The van der Waals surface area contributed by atoms with E-state index in [9.17, 15) is 4.79 Å². The summed E-state index contributed by atoms with van der Waals surface area (Å²) in [6.07, 6.45) is 5.82. The molecule has 6 nitrogen and oxygen atoms in total. The molecule has 1 saturated heterocycles. The van der Waals surface area contributed by atoms with E-state index in [0.29, 0.717) is 17.4 Å². The summed E-state index contributed by atoms with van der Waals surface area (Å²) in [5.41, 5.74) is 0.845. The average Bonchev–Trinajstić information content (AvgIpc) is 3.17. The van der Waals surface area contributed by atoms with Gasteiger partial charge in [-0.15, -0.1) is 0 Å². The van der Waals surface area contributed by atoms with Gasteiger partial charge in [0.1, 0.15) is 5.52 Å². The summed E-state index contributed by atoms with van der Waals surface area (Å²) < 4.78 is 12.0. The fourth-order valence-electron chi connectivity index (χ4n) is 4.16. The molecule has 2 heterocycles. The quantitative estimate of drug-likeness (QED) is 0.801. The van der Waals surface area contributed by atoms with Crippen molar-refractivity contribution in [2.45, 2.75) is 32.1 Å². The number of thiazole rings is 1. The maximum Gasteiger partial charge on any atom is 0.225 e. The lowest BCUT2D eigenvalue weighted by Gasteiger charge is -2.37. The van der Waals surface area contributed by atoms with E-state index in [0.717, 1.165) is 54.4 Å². The van der Waals surface area contributed by atoms with Gasteiger partial charge in [0, 0.05) is 32.1 Å². The van der Waals surface area contributed by atoms with Crippen LogP contribution in [-0.2, 0) is 4.79 Å². The van der Waals surface area contributed by atoms with Gasteiger partial charge < -0.3 is 19.3 Å². The summed E-state index contributed by atoms with van der Waals surface area (Å²) in [5, 5.41) is 0.987. The molecule has 2 aromatic rings. The van der Waals surface area contributed by atoms with Gasteiger partial charge in [-0.05, 0) is 25.0 Å². The topological polar surface area (TPSA) is 54.9 Å². The van der Waals surface area contributed by atoms with Gasteiger partial charge in [0.15, 0.2) is 16.6 Å². The summed E-state index contributed by atoms with van der Waals surface area (Å²) in [4.78, 5) is 21.9. The molecule has 0 bridgehead atoms. The molecule has 146 valence electrons. The molecule has 1 aliphatic carbocycles. The van der Waals surface area contributed by atoms with Crippen LogP contribution in [0, 0.1) is 5.92 Å². The van der Waals surface area contributed by atoms with Crippen LogP contribution < -0.4 is 14.4 Å². The van der Waals surface area contributed by atoms with Gasteiger partial charge in [-0.1, -0.05) is 30.6 Å². The van der Waals surface area contributed by atoms with Crippen molar-refractivity contribution < 1.29 is 14.3 Å². The predicted octanol–water partition coefficient (Wildman–Crippen LogP) is 3.54. The summed E-state index contributed by atoms with van der Waals surface area (Å²) in [6, 6.07) is 3.95. The van der Waals surface area contributed by atoms with Gasteiger partial charge >= 0.3 is 0 Å². The van der Waals surface area contributed by atoms with E-state index in [2.05, 4.69) is 9.80 Å². The predicted molar refractivity (Wildman–Crippen MR) is 108 cm³/mol. The highest BCUT2D eigenvalue weighted by Crippen LogP contribution is 2.40. The molecule has 2 fully saturated rings. The van der Waals surface area contributed by atoms with Crippen LogP contribution in [0.25, 0.3) is 10.2 Å². The van der Waals surface area contributed by atoms with E-state index in [1.807, 2.05) is 12.1 Å². The van der Waals surface area contributed by atoms with Gasteiger partial charge in [-0.3, -0.25) is 4.79 Å². The van der Waals surface area contributed by atoms with Crippen LogP contribution in [0.1, 0.15) is 32.1 Å². The minimum atomic E-state index is 0.254. The molecule has 7 heteroatoms. The molecule has 0 unspecified atom stereocenters. The second-order valence-corrected chi connectivity index (χ2v) is 8.30. The number of nitrogens with zero attached hydrogens (tertiary/aromatic N) is 3. The number of aromatic nitrogens is 1. The molecule has 0 atom stereocenters. The highest BCUT2D eigenvalue weighted by atomic mass is 32.1. The SMILES string of the molecule is COc1ccc2sc(N3CCN(C(=O)C4CCCCC4)CC3)nc2c1OC. The third-order valence-electron chi connectivity index (χ3n) is 5.71. The van der Waals surface area contributed by atoms with E-state index in [1.165, 1.54) is 19.3 Å². The number of amides is 1. The second-order valence-electron chi connectivity index (χ2n) is 7.29. The fourth-order valence-corrected chi connectivity index (χ4v) is 5.18. The third-order valence-corrected chi connectivity index (χ3v) is 6.79. The lowest BCUT2D eigenvalue weighted by atomic mass is 9.88. The molecule has 0 spiro atoms. The van der Waals surface area contributed by atoms with Crippen LogP contribution in [0.5, 0.6) is 11.5 Å². The number of anilines is 1. The number of carbonyl (C=O) groups is 1. The molecule has 2 aliphatic rings. The highest BCUT2D eigenvalue weighted by Gasteiger charge is 2.29. The first kappa shape index (κ1) is 18.3. The number of rotatable bonds is 4. The molecule has 1 amide bonds. The number of hydrogen-bond acceptors (Lipinski definition) is 6. The summed E-state index contributed by atoms with van der Waals surface area (Å²) in [7, 11) is 3.28. The van der Waals surface area contributed by atoms with Gasteiger partial charge in [0.2, 0.25) is 5.91 Å². The van der Waals surface area contributed by atoms with E-state index < -0.39 is 0 Å². The molecule has 1 saturated carbocycles.